The van der Waals surface area contributed by atoms with Gasteiger partial charge in [-0.1, -0.05) is 39.0 Å². The van der Waals surface area contributed by atoms with Crippen LogP contribution in [0, 0.1) is 5.41 Å². The summed E-state index contributed by atoms with van der Waals surface area (Å²) in [6.07, 6.45) is 6.55. The highest BCUT2D eigenvalue weighted by Gasteiger charge is 2.24. The van der Waals surface area contributed by atoms with Gasteiger partial charge >= 0.3 is 0 Å². The summed E-state index contributed by atoms with van der Waals surface area (Å²) in [5.41, 5.74) is 5.59. The van der Waals surface area contributed by atoms with Crippen LogP contribution >= 0.6 is 0 Å². The normalized spacial score (nSPS) is 18.3. The number of hydrogen-bond acceptors (Lipinski definition) is 3. The lowest BCUT2D eigenvalue weighted by molar-refractivity contribution is 0.152. The molecule has 2 aromatic heterocycles. The van der Waals surface area contributed by atoms with E-state index in [0.29, 0.717) is 6.04 Å². The Labute approximate surface area is 173 Å². The monoisotopic (exact) mass is 389 g/mol. The van der Waals surface area contributed by atoms with E-state index >= 15 is 0 Å². The van der Waals surface area contributed by atoms with Gasteiger partial charge in [0.05, 0.1) is 18.0 Å². The van der Waals surface area contributed by atoms with Crippen molar-refractivity contribution < 1.29 is 5.11 Å². The molecule has 0 radical (unpaired) electrons. The highest BCUT2D eigenvalue weighted by Crippen LogP contribution is 2.26. The average Bonchev–Trinajstić information content (AvgIpc) is 3.31. The van der Waals surface area contributed by atoms with Gasteiger partial charge in [0.1, 0.15) is 0 Å². The molecule has 1 unspecified atom stereocenters. The molecule has 1 atom stereocenters. The molecule has 0 amide bonds. The van der Waals surface area contributed by atoms with Crippen molar-refractivity contribution in [2.45, 2.75) is 46.2 Å². The zero-order valence-electron chi connectivity index (χ0n) is 17.7. The Morgan fingerprint density at radius 3 is 2.86 bits per heavy atom. The molecular formula is C25H31N3O. The van der Waals surface area contributed by atoms with E-state index in [-0.39, 0.29) is 12.0 Å². The molecular weight excluding hydrogens is 358 g/mol. The molecule has 1 aliphatic rings. The third kappa shape index (κ3) is 4.77. The minimum absolute atomic E-state index is 0.141. The molecule has 0 bridgehead atoms. The summed E-state index contributed by atoms with van der Waals surface area (Å²) in [6, 6.07) is 15.2. The Kier molecular flexibility index (Phi) is 5.57. The maximum absolute atomic E-state index is 9.56. The Hall–Kier alpha value is -2.43. The molecule has 3 aromatic rings. The van der Waals surface area contributed by atoms with Gasteiger partial charge < -0.3 is 10.1 Å². The van der Waals surface area contributed by atoms with Crippen LogP contribution < -0.4 is 0 Å². The van der Waals surface area contributed by atoms with E-state index in [9.17, 15) is 5.11 Å². The Morgan fingerprint density at radius 1 is 1.21 bits per heavy atom. The van der Waals surface area contributed by atoms with Gasteiger partial charge in [-0.15, -0.1) is 0 Å². The zero-order chi connectivity index (χ0) is 20.4. The highest BCUT2D eigenvalue weighted by atomic mass is 16.3. The van der Waals surface area contributed by atoms with Crippen LogP contribution in [0.1, 0.15) is 45.0 Å². The van der Waals surface area contributed by atoms with E-state index in [0.717, 1.165) is 42.0 Å². The number of benzene rings is 1. The summed E-state index contributed by atoms with van der Waals surface area (Å²) in [6.45, 7) is 8.74. The van der Waals surface area contributed by atoms with Crippen molar-refractivity contribution in [3.63, 3.8) is 0 Å². The highest BCUT2D eigenvalue weighted by molar-refractivity contribution is 5.85. The molecule has 4 nitrogen and oxygen atoms in total. The van der Waals surface area contributed by atoms with Crippen molar-refractivity contribution in [3.05, 3.63) is 59.9 Å². The lowest BCUT2D eigenvalue weighted by Gasteiger charge is -2.21. The molecule has 1 aliphatic heterocycles. The van der Waals surface area contributed by atoms with Crippen LogP contribution in [-0.4, -0.2) is 39.2 Å². The lowest BCUT2D eigenvalue weighted by atomic mass is 9.96. The number of aliphatic hydroxyl groups is 1. The standard InChI is InChI=1S/C25H31N3O/c1-25(2,3)12-11-20-6-4-8-23(26-20)18-9-10-24-19(14-18)15-21(27-24)16-28-13-5-7-22(28)17-29/h4,6,8-12,14-15,22,27,29H,5,7,13,16-17H2,1-3H3/b12-11+. The second-order valence-electron chi connectivity index (χ2n) is 9.19. The molecule has 3 heterocycles. The smallest absolute Gasteiger partial charge is 0.0709 e. The van der Waals surface area contributed by atoms with Crippen molar-refractivity contribution in [2.75, 3.05) is 13.2 Å². The minimum Gasteiger partial charge on any atom is -0.395 e. The zero-order valence-corrected chi connectivity index (χ0v) is 17.7. The third-order valence-electron chi connectivity index (χ3n) is 5.58. The van der Waals surface area contributed by atoms with Crippen LogP contribution in [0.15, 0.2) is 48.5 Å². The summed E-state index contributed by atoms with van der Waals surface area (Å²) in [5, 5.41) is 10.8. The lowest BCUT2D eigenvalue weighted by Crippen LogP contribution is -2.31. The molecule has 152 valence electrons. The molecule has 0 aliphatic carbocycles. The number of aromatic nitrogens is 2. The van der Waals surface area contributed by atoms with Gasteiger partial charge in [0.25, 0.3) is 0 Å². The van der Waals surface area contributed by atoms with Crippen LogP contribution in [0.2, 0.25) is 0 Å². The number of aliphatic hydroxyl groups excluding tert-OH is 1. The summed E-state index contributed by atoms with van der Waals surface area (Å²) >= 11 is 0. The van der Waals surface area contributed by atoms with E-state index < -0.39 is 0 Å². The maximum Gasteiger partial charge on any atom is 0.0709 e. The summed E-state index contributed by atoms with van der Waals surface area (Å²) in [5.74, 6) is 0. The average molecular weight is 390 g/mol. The molecule has 4 heteroatoms. The van der Waals surface area contributed by atoms with Gasteiger partial charge in [-0.3, -0.25) is 4.90 Å². The number of pyridine rings is 1. The number of nitrogens with one attached hydrogen (secondary N) is 1. The van der Waals surface area contributed by atoms with Crippen molar-refractivity contribution in [1.82, 2.24) is 14.9 Å². The van der Waals surface area contributed by atoms with Gasteiger partial charge in [0.2, 0.25) is 0 Å². The molecule has 4 rings (SSSR count). The fourth-order valence-corrected chi connectivity index (χ4v) is 4.01. The number of rotatable bonds is 5. The van der Waals surface area contributed by atoms with Crippen molar-refractivity contribution in [2.24, 2.45) is 5.41 Å². The quantitative estimate of drug-likeness (QED) is 0.627. The summed E-state index contributed by atoms with van der Waals surface area (Å²) < 4.78 is 0. The van der Waals surface area contributed by atoms with E-state index in [1.165, 1.54) is 17.5 Å². The molecule has 0 spiro atoms. The first-order chi connectivity index (χ1) is 13.9. The fourth-order valence-electron chi connectivity index (χ4n) is 4.01. The molecule has 2 N–H and O–H groups in total. The first-order valence-corrected chi connectivity index (χ1v) is 10.5. The molecule has 1 aromatic carbocycles. The first kappa shape index (κ1) is 19.9. The number of allylic oxidation sites excluding steroid dienone is 1. The largest absolute Gasteiger partial charge is 0.395 e. The third-order valence-corrected chi connectivity index (χ3v) is 5.58. The first-order valence-electron chi connectivity index (χ1n) is 10.5. The number of nitrogens with zero attached hydrogens (tertiary/aromatic N) is 2. The van der Waals surface area contributed by atoms with E-state index in [1.54, 1.807) is 0 Å². The summed E-state index contributed by atoms with van der Waals surface area (Å²) in [4.78, 5) is 10.7. The van der Waals surface area contributed by atoms with Crippen molar-refractivity contribution in [1.29, 1.82) is 0 Å². The van der Waals surface area contributed by atoms with E-state index in [2.05, 4.69) is 79.2 Å². The van der Waals surface area contributed by atoms with Gasteiger partial charge in [-0.25, -0.2) is 4.98 Å². The van der Waals surface area contributed by atoms with Crippen LogP contribution in [0.3, 0.4) is 0 Å². The van der Waals surface area contributed by atoms with Crippen LogP contribution in [0.25, 0.3) is 28.2 Å². The number of H-pyrrole nitrogens is 1. The van der Waals surface area contributed by atoms with Crippen LogP contribution in [0.4, 0.5) is 0 Å². The van der Waals surface area contributed by atoms with Gasteiger partial charge in [-0.2, -0.15) is 0 Å². The molecule has 1 saturated heterocycles. The molecule has 29 heavy (non-hydrogen) atoms. The fraction of sp³-hybridized carbons (Fsp3) is 0.400. The molecule has 1 fully saturated rings. The van der Waals surface area contributed by atoms with Gasteiger partial charge in [0.15, 0.2) is 0 Å². The van der Waals surface area contributed by atoms with E-state index in [4.69, 9.17) is 4.98 Å². The maximum atomic E-state index is 9.56. The summed E-state index contributed by atoms with van der Waals surface area (Å²) in [7, 11) is 0. The van der Waals surface area contributed by atoms with Gasteiger partial charge in [-0.05, 0) is 61.2 Å². The van der Waals surface area contributed by atoms with Gasteiger partial charge in [0, 0.05) is 34.7 Å². The number of fused-ring (bicyclic) bond motifs is 1. The Bertz CT molecular complexity index is 1010. The minimum atomic E-state index is 0.141. The SMILES string of the molecule is CC(C)(C)/C=C/c1cccc(-c2ccc3[nH]c(CN4CCCC4CO)cc3c2)n1. The second kappa shape index (κ2) is 8.13. The second-order valence-corrected chi connectivity index (χ2v) is 9.19. The topological polar surface area (TPSA) is 52.2 Å². The predicted molar refractivity (Wildman–Crippen MR) is 121 cm³/mol. The Balaban J connectivity index is 1.57. The van der Waals surface area contributed by atoms with Crippen LogP contribution in [0.5, 0.6) is 0 Å². The van der Waals surface area contributed by atoms with E-state index in [1.807, 2.05) is 6.07 Å². The predicted octanol–water partition coefficient (Wildman–Crippen LogP) is 5.25. The van der Waals surface area contributed by atoms with Crippen molar-refractivity contribution >= 4 is 17.0 Å². The number of aromatic amines is 1. The van der Waals surface area contributed by atoms with Crippen LogP contribution in [-0.2, 0) is 6.54 Å². The number of hydrogen-bond donors (Lipinski definition) is 2. The molecule has 0 saturated carbocycles. The Morgan fingerprint density at radius 2 is 2.07 bits per heavy atom. The number of likely N-dealkylation sites (tertiary alicyclic amines) is 1. The van der Waals surface area contributed by atoms with Crippen molar-refractivity contribution in [3.8, 4) is 11.3 Å².